The molecule has 0 unspecified atom stereocenters. The molecule has 0 saturated heterocycles. The molecule has 0 saturated carbocycles. The first-order valence-corrected chi connectivity index (χ1v) is 10.4. The second kappa shape index (κ2) is 8.39. The van der Waals surface area contributed by atoms with Gasteiger partial charge in [0.05, 0.1) is 0 Å². The van der Waals surface area contributed by atoms with Gasteiger partial charge in [-0.15, -0.1) is 15.3 Å². The van der Waals surface area contributed by atoms with E-state index in [4.69, 9.17) is 22.1 Å². The quantitative estimate of drug-likeness (QED) is 0.343. The molecule has 4 aromatic rings. The molecule has 2 aromatic carbocycles. The number of carbonyl (C=O) groups excluding carboxylic acids is 1. The first-order chi connectivity index (χ1) is 14.4. The van der Waals surface area contributed by atoms with E-state index in [0.29, 0.717) is 26.7 Å². The van der Waals surface area contributed by atoms with Gasteiger partial charge in [0.2, 0.25) is 10.1 Å². The Morgan fingerprint density at radius 2 is 1.97 bits per heavy atom. The molecule has 2 aromatic heterocycles. The Kier molecular flexibility index (Phi) is 5.67. The van der Waals surface area contributed by atoms with Gasteiger partial charge in [0.25, 0.3) is 0 Å². The molecular formula is C20H19ClN6O2S. The van der Waals surface area contributed by atoms with Gasteiger partial charge in [0.15, 0.2) is 5.82 Å². The van der Waals surface area contributed by atoms with Crippen LogP contribution in [0.4, 0.5) is 10.8 Å². The van der Waals surface area contributed by atoms with E-state index in [1.54, 1.807) is 23.6 Å². The van der Waals surface area contributed by atoms with Gasteiger partial charge in [0.1, 0.15) is 11.8 Å². The lowest BCUT2D eigenvalue weighted by atomic mass is 10.0. The molecule has 2 atom stereocenters. The molecule has 0 amide bonds. The number of esters is 1. The maximum absolute atomic E-state index is 11.6. The Morgan fingerprint density at radius 3 is 2.67 bits per heavy atom. The number of nitrogens with one attached hydrogen (secondary N) is 1. The number of halogens is 1. The summed E-state index contributed by atoms with van der Waals surface area (Å²) in [4.78, 5) is 12.3. The van der Waals surface area contributed by atoms with Crippen molar-refractivity contribution >= 4 is 44.7 Å². The fourth-order valence-electron chi connectivity index (χ4n) is 2.83. The van der Waals surface area contributed by atoms with E-state index in [0.717, 1.165) is 11.3 Å². The van der Waals surface area contributed by atoms with Crippen molar-refractivity contribution in [1.82, 2.24) is 19.8 Å². The van der Waals surface area contributed by atoms with E-state index >= 15 is 0 Å². The molecule has 3 N–H and O–H groups in total. The standard InChI is InChI=1S/C20H19ClN6O2S/c1-11(13-6-8-16(9-7-13)29-18(28)12(2)22)17-24-25-20-27(17)26-19(30-20)23-15-5-3-4-14(21)10-15/h3-12H,22H2,1-2H3,(H,23,26)/t11-,12+/m0/s1. The molecule has 0 fully saturated rings. The molecule has 10 heteroatoms. The zero-order chi connectivity index (χ0) is 21.3. The monoisotopic (exact) mass is 442 g/mol. The maximum atomic E-state index is 11.6. The Morgan fingerprint density at radius 1 is 1.20 bits per heavy atom. The minimum absolute atomic E-state index is 0.0701. The molecule has 0 aliphatic heterocycles. The van der Waals surface area contributed by atoms with E-state index < -0.39 is 12.0 Å². The van der Waals surface area contributed by atoms with Crippen LogP contribution in [0.15, 0.2) is 48.5 Å². The number of aromatic nitrogens is 4. The van der Waals surface area contributed by atoms with E-state index in [1.165, 1.54) is 11.3 Å². The average molecular weight is 443 g/mol. The van der Waals surface area contributed by atoms with Crippen LogP contribution in [0.5, 0.6) is 5.75 Å². The Balaban J connectivity index is 1.54. The summed E-state index contributed by atoms with van der Waals surface area (Å²) in [5.74, 6) is 0.610. The third-order valence-corrected chi connectivity index (χ3v) is 5.50. The predicted molar refractivity (Wildman–Crippen MR) is 117 cm³/mol. The van der Waals surface area contributed by atoms with Crippen LogP contribution < -0.4 is 15.8 Å². The number of hydrogen-bond acceptors (Lipinski definition) is 8. The highest BCUT2D eigenvalue weighted by Gasteiger charge is 2.19. The number of benzene rings is 2. The average Bonchev–Trinajstić information content (AvgIpc) is 3.28. The fourth-order valence-corrected chi connectivity index (χ4v) is 3.78. The summed E-state index contributed by atoms with van der Waals surface area (Å²) in [6, 6.07) is 14.0. The molecular weight excluding hydrogens is 424 g/mol. The molecule has 4 rings (SSSR count). The summed E-state index contributed by atoms with van der Waals surface area (Å²) in [5.41, 5.74) is 7.36. The van der Waals surface area contributed by atoms with Crippen LogP contribution >= 0.6 is 22.9 Å². The summed E-state index contributed by atoms with van der Waals surface area (Å²) in [7, 11) is 0. The number of rotatable bonds is 6. The van der Waals surface area contributed by atoms with E-state index in [1.807, 2.05) is 43.3 Å². The predicted octanol–water partition coefficient (Wildman–Crippen LogP) is 3.99. The van der Waals surface area contributed by atoms with Gasteiger partial charge in [-0.25, -0.2) is 4.79 Å². The van der Waals surface area contributed by atoms with Gasteiger partial charge >= 0.3 is 5.97 Å². The lowest BCUT2D eigenvalue weighted by Gasteiger charge is -2.11. The van der Waals surface area contributed by atoms with Crippen molar-refractivity contribution in [3.05, 3.63) is 64.9 Å². The molecule has 0 bridgehead atoms. The van der Waals surface area contributed by atoms with Crippen LogP contribution in [0.3, 0.4) is 0 Å². The van der Waals surface area contributed by atoms with Crippen molar-refractivity contribution in [3.8, 4) is 5.75 Å². The minimum atomic E-state index is -0.674. The van der Waals surface area contributed by atoms with Gasteiger partial charge < -0.3 is 15.8 Å². The molecule has 30 heavy (non-hydrogen) atoms. The van der Waals surface area contributed by atoms with E-state index in [-0.39, 0.29) is 5.92 Å². The van der Waals surface area contributed by atoms with Crippen LogP contribution in [0, 0.1) is 0 Å². The first kappa shape index (κ1) is 20.3. The van der Waals surface area contributed by atoms with Crippen molar-refractivity contribution in [2.45, 2.75) is 25.8 Å². The zero-order valence-electron chi connectivity index (χ0n) is 16.2. The highest BCUT2D eigenvalue weighted by molar-refractivity contribution is 7.20. The second-order valence-electron chi connectivity index (χ2n) is 6.80. The number of nitrogens with two attached hydrogens (primary N) is 1. The largest absolute Gasteiger partial charge is 0.425 e. The van der Waals surface area contributed by atoms with E-state index in [9.17, 15) is 4.79 Å². The topological polar surface area (TPSA) is 107 Å². The molecule has 0 aliphatic carbocycles. The van der Waals surface area contributed by atoms with Crippen molar-refractivity contribution in [1.29, 1.82) is 0 Å². The van der Waals surface area contributed by atoms with Crippen LogP contribution in [0.1, 0.15) is 31.2 Å². The SMILES string of the molecule is C[C@@H](c1ccc(OC(=O)[C@@H](C)N)cc1)c1nnc2sc(Nc3cccc(Cl)c3)nn12. The van der Waals surface area contributed by atoms with Crippen molar-refractivity contribution in [2.24, 2.45) is 5.73 Å². The number of nitrogens with zero attached hydrogens (tertiary/aromatic N) is 4. The van der Waals surface area contributed by atoms with Crippen LogP contribution in [-0.4, -0.2) is 31.8 Å². The Hall–Kier alpha value is -3.01. The summed E-state index contributed by atoms with van der Waals surface area (Å²) in [6.45, 7) is 3.60. The van der Waals surface area contributed by atoms with Gasteiger partial charge in [0, 0.05) is 16.6 Å². The second-order valence-corrected chi connectivity index (χ2v) is 8.19. The summed E-state index contributed by atoms with van der Waals surface area (Å²) in [6.07, 6.45) is 0. The third-order valence-electron chi connectivity index (χ3n) is 4.45. The number of fused-ring (bicyclic) bond motifs is 1. The van der Waals surface area contributed by atoms with Crippen LogP contribution in [-0.2, 0) is 4.79 Å². The molecule has 2 heterocycles. The van der Waals surface area contributed by atoms with Gasteiger partial charge in [-0.05, 0) is 42.8 Å². The Labute approximate surface area is 181 Å². The summed E-state index contributed by atoms with van der Waals surface area (Å²) in [5, 5.41) is 17.7. The zero-order valence-corrected chi connectivity index (χ0v) is 17.8. The Bertz CT molecular complexity index is 1190. The third kappa shape index (κ3) is 4.28. The smallest absolute Gasteiger partial charge is 0.328 e. The van der Waals surface area contributed by atoms with Crippen molar-refractivity contribution in [2.75, 3.05) is 5.32 Å². The van der Waals surface area contributed by atoms with Gasteiger partial charge in [-0.3, -0.25) is 0 Å². The molecule has 154 valence electrons. The molecule has 8 nitrogen and oxygen atoms in total. The minimum Gasteiger partial charge on any atom is -0.425 e. The van der Waals surface area contributed by atoms with Crippen LogP contribution in [0.2, 0.25) is 5.02 Å². The van der Waals surface area contributed by atoms with Gasteiger partial charge in [-0.1, -0.05) is 48.1 Å². The van der Waals surface area contributed by atoms with Crippen molar-refractivity contribution in [3.63, 3.8) is 0 Å². The molecule has 0 aliphatic rings. The number of anilines is 2. The fraction of sp³-hybridized carbons (Fsp3) is 0.200. The highest BCUT2D eigenvalue weighted by atomic mass is 35.5. The van der Waals surface area contributed by atoms with Crippen LogP contribution in [0.25, 0.3) is 4.96 Å². The normalized spacial score (nSPS) is 13.2. The summed E-state index contributed by atoms with van der Waals surface area (Å²) < 4.78 is 6.94. The number of carbonyl (C=O) groups is 1. The lowest BCUT2D eigenvalue weighted by Crippen LogP contribution is -2.30. The van der Waals surface area contributed by atoms with Gasteiger partial charge in [-0.2, -0.15) is 4.52 Å². The molecule has 0 radical (unpaired) electrons. The highest BCUT2D eigenvalue weighted by Crippen LogP contribution is 2.29. The molecule has 0 spiro atoms. The number of hydrogen-bond donors (Lipinski definition) is 2. The lowest BCUT2D eigenvalue weighted by molar-refractivity contribution is -0.135. The maximum Gasteiger partial charge on any atom is 0.328 e. The van der Waals surface area contributed by atoms with E-state index in [2.05, 4.69) is 20.6 Å². The first-order valence-electron chi connectivity index (χ1n) is 9.22. The summed E-state index contributed by atoms with van der Waals surface area (Å²) >= 11 is 7.44. The number of ether oxygens (including phenoxy) is 1. The van der Waals surface area contributed by atoms with Crippen molar-refractivity contribution < 1.29 is 9.53 Å².